The summed E-state index contributed by atoms with van der Waals surface area (Å²) in [5.74, 6) is 0.224. The third kappa shape index (κ3) is 5.56. The Bertz CT molecular complexity index is 871. The molecule has 2 aromatic carbocycles. The van der Waals surface area contributed by atoms with Crippen LogP contribution in [0.5, 0.6) is 0 Å². The van der Waals surface area contributed by atoms with Gasteiger partial charge in [-0.05, 0) is 42.9 Å². The highest BCUT2D eigenvalue weighted by Gasteiger charge is 2.10. The van der Waals surface area contributed by atoms with Crippen molar-refractivity contribution in [1.29, 1.82) is 0 Å². The Labute approximate surface area is 167 Å². The minimum absolute atomic E-state index is 0.224. The van der Waals surface area contributed by atoms with Crippen LogP contribution in [0.25, 0.3) is 11.3 Å². The Hall–Kier alpha value is -2.88. The molecule has 3 rings (SSSR count). The molecule has 0 bridgehead atoms. The van der Waals surface area contributed by atoms with Gasteiger partial charge >= 0.3 is 0 Å². The second-order valence-corrected chi connectivity index (χ2v) is 7.27. The highest BCUT2D eigenvalue weighted by Crippen LogP contribution is 2.20. The summed E-state index contributed by atoms with van der Waals surface area (Å²) in [4.78, 5) is 14.2. The van der Waals surface area contributed by atoms with E-state index in [0.29, 0.717) is 6.42 Å². The summed E-state index contributed by atoms with van der Waals surface area (Å²) < 4.78 is 1.93. The molecule has 4 heteroatoms. The van der Waals surface area contributed by atoms with Crippen molar-refractivity contribution in [3.8, 4) is 11.3 Å². The zero-order valence-electron chi connectivity index (χ0n) is 16.8. The van der Waals surface area contributed by atoms with E-state index in [9.17, 15) is 4.79 Å². The van der Waals surface area contributed by atoms with Crippen LogP contribution in [0.1, 0.15) is 30.5 Å². The molecule has 0 fully saturated rings. The minimum Gasteiger partial charge on any atom is -0.346 e. The van der Waals surface area contributed by atoms with Crippen LogP contribution in [0.4, 0.5) is 0 Å². The molecule has 0 atom stereocenters. The third-order valence-corrected chi connectivity index (χ3v) is 5.05. The van der Waals surface area contributed by atoms with E-state index in [1.807, 2.05) is 60.1 Å². The molecule has 146 valence electrons. The van der Waals surface area contributed by atoms with Gasteiger partial charge in [-0.25, -0.2) is 0 Å². The van der Waals surface area contributed by atoms with Gasteiger partial charge in [0.1, 0.15) is 0 Å². The lowest BCUT2D eigenvalue weighted by Gasteiger charge is -2.16. The molecular weight excluding hydrogens is 346 g/mol. The topological polar surface area (TPSA) is 38.1 Å². The van der Waals surface area contributed by atoms with Gasteiger partial charge in [0.15, 0.2) is 0 Å². The molecule has 3 aromatic rings. The van der Waals surface area contributed by atoms with Crippen LogP contribution in [-0.4, -0.2) is 34.2 Å². The van der Waals surface area contributed by atoms with Crippen LogP contribution in [0, 0.1) is 0 Å². The SMILES string of the molecule is CN(CCCc1cc(-c2ccccc2)n(C)n1)C(=O)CCCc1ccccc1. The van der Waals surface area contributed by atoms with Gasteiger partial charge < -0.3 is 4.90 Å². The Morgan fingerprint density at radius 2 is 1.64 bits per heavy atom. The maximum atomic E-state index is 12.3. The zero-order valence-corrected chi connectivity index (χ0v) is 16.8. The average Bonchev–Trinajstić information content (AvgIpc) is 3.09. The van der Waals surface area contributed by atoms with Crippen LogP contribution in [-0.2, 0) is 24.7 Å². The summed E-state index contributed by atoms with van der Waals surface area (Å²) in [7, 11) is 3.88. The van der Waals surface area contributed by atoms with E-state index in [0.717, 1.165) is 43.6 Å². The molecule has 0 N–H and O–H groups in total. The normalized spacial score (nSPS) is 10.8. The summed E-state index contributed by atoms with van der Waals surface area (Å²) in [6, 6.07) is 22.8. The first-order valence-corrected chi connectivity index (χ1v) is 9.99. The van der Waals surface area contributed by atoms with Crippen LogP contribution in [0.2, 0.25) is 0 Å². The molecule has 1 aromatic heterocycles. The Kier molecular flexibility index (Phi) is 7.01. The first-order chi connectivity index (χ1) is 13.6. The van der Waals surface area contributed by atoms with E-state index >= 15 is 0 Å². The lowest BCUT2D eigenvalue weighted by atomic mass is 10.1. The van der Waals surface area contributed by atoms with Crippen molar-refractivity contribution in [3.05, 3.63) is 78.0 Å². The van der Waals surface area contributed by atoms with Crippen LogP contribution in [0.15, 0.2) is 66.7 Å². The van der Waals surface area contributed by atoms with Crippen LogP contribution < -0.4 is 0 Å². The molecule has 4 nitrogen and oxygen atoms in total. The van der Waals surface area contributed by atoms with E-state index in [1.54, 1.807) is 0 Å². The number of rotatable bonds is 9. The Morgan fingerprint density at radius 3 is 2.36 bits per heavy atom. The molecule has 0 aliphatic heterocycles. The summed E-state index contributed by atoms with van der Waals surface area (Å²) in [6.45, 7) is 0.765. The molecule has 0 radical (unpaired) electrons. The number of amides is 1. The molecule has 0 saturated carbocycles. The van der Waals surface area contributed by atoms with Crippen molar-refractivity contribution in [2.75, 3.05) is 13.6 Å². The van der Waals surface area contributed by atoms with Gasteiger partial charge in [-0.3, -0.25) is 9.48 Å². The highest BCUT2D eigenvalue weighted by molar-refractivity contribution is 5.75. The van der Waals surface area contributed by atoms with Crippen molar-refractivity contribution in [1.82, 2.24) is 14.7 Å². The Morgan fingerprint density at radius 1 is 0.964 bits per heavy atom. The number of carbonyl (C=O) groups is 1. The van der Waals surface area contributed by atoms with Crippen LogP contribution in [0.3, 0.4) is 0 Å². The molecule has 28 heavy (non-hydrogen) atoms. The fraction of sp³-hybridized carbons (Fsp3) is 0.333. The number of hydrogen-bond donors (Lipinski definition) is 0. The third-order valence-electron chi connectivity index (χ3n) is 5.05. The number of hydrogen-bond acceptors (Lipinski definition) is 2. The number of carbonyl (C=O) groups excluding carboxylic acids is 1. The minimum atomic E-state index is 0.224. The molecular formula is C24H29N3O. The molecule has 0 spiro atoms. The van der Waals surface area contributed by atoms with Gasteiger partial charge in [-0.15, -0.1) is 0 Å². The quantitative estimate of drug-likeness (QED) is 0.552. The summed E-state index contributed by atoms with van der Waals surface area (Å²) in [5.41, 5.74) is 4.67. The fourth-order valence-electron chi connectivity index (χ4n) is 3.43. The van der Waals surface area contributed by atoms with Crippen molar-refractivity contribution in [3.63, 3.8) is 0 Å². The summed E-state index contributed by atoms with van der Waals surface area (Å²) in [5, 5.41) is 4.63. The molecule has 0 aliphatic carbocycles. The maximum absolute atomic E-state index is 12.3. The monoisotopic (exact) mass is 375 g/mol. The first-order valence-electron chi connectivity index (χ1n) is 9.99. The predicted octanol–water partition coefficient (Wildman–Crippen LogP) is 4.50. The van der Waals surface area contributed by atoms with Gasteiger partial charge in [-0.1, -0.05) is 60.7 Å². The number of aromatic nitrogens is 2. The second kappa shape index (κ2) is 9.88. The van der Waals surface area contributed by atoms with E-state index in [4.69, 9.17) is 0 Å². The van der Waals surface area contributed by atoms with E-state index in [-0.39, 0.29) is 5.91 Å². The number of aryl methyl sites for hydroxylation is 3. The number of benzene rings is 2. The van der Waals surface area contributed by atoms with Crippen molar-refractivity contribution < 1.29 is 4.79 Å². The summed E-state index contributed by atoms with van der Waals surface area (Å²) >= 11 is 0. The fourth-order valence-corrected chi connectivity index (χ4v) is 3.43. The van der Waals surface area contributed by atoms with Crippen molar-refractivity contribution >= 4 is 5.91 Å². The zero-order chi connectivity index (χ0) is 19.8. The van der Waals surface area contributed by atoms with Crippen molar-refractivity contribution in [2.45, 2.75) is 32.1 Å². The van der Waals surface area contributed by atoms with Gasteiger partial charge in [0.2, 0.25) is 5.91 Å². The molecule has 1 amide bonds. The van der Waals surface area contributed by atoms with E-state index in [2.05, 4.69) is 35.4 Å². The smallest absolute Gasteiger partial charge is 0.222 e. The van der Waals surface area contributed by atoms with Gasteiger partial charge in [0.25, 0.3) is 0 Å². The lowest BCUT2D eigenvalue weighted by molar-refractivity contribution is -0.130. The van der Waals surface area contributed by atoms with E-state index < -0.39 is 0 Å². The lowest BCUT2D eigenvalue weighted by Crippen LogP contribution is -2.27. The van der Waals surface area contributed by atoms with Gasteiger partial charge in [0.05, 0.1) is 11.4 Å². The molecule has 0 saturated heterocycles. The highest BCUT2D eigenvalue weighted by atomic mass is 16.2. The first kappa shape index (κ1) is 19.9. The maximum Gasteiger partial charge on any atom is 0.222 e. The molecule has 0 aliphatic rings. The molecule has 1 heterocycles. The van der Waals surface area contributed by atoms with Crippen LogP contribution >= 0.6 is 0 Å². The largest absolute Gasteiger partial charge is 0.346 e. The molecule has 0 unspecified atom stereocenters. The van der Waals surface area contributed by atoms with E-state index in [1.165, 1.54) is 11.1 Å². The van der Waals surface area contributed by atoms with Gasteiger partial charge in [0, 0.05) is 27.1 Å². The number of nitrogens with zero attached hydrogens (tertiary/aromatic N) is 3. The predicted molar refractivity (Wildman–Crippen MR) is 114 cm³/mol. The second-order valence-electron chi connectivity index (χ2n) is 7.27. The van der Waals surface area contributed by atoms with Gasteiger partial charge in [-0.2, -0.15) is 5.10 Å². The standard InChI is InChI=1S/C24H29N3O/c1-26(24(28)17-9-13-20-11-5-3-6-12-20)18-10-16-22-19-23(27(2)25-22)21-14-7-4-8-15-21/h3-8,11-12,14-15,19H,9-10,13,16-18H2,1-2H3. The summed E-state index contributed by atoms with van der Waals surface area (Å²) in [6.07, 6.45) is 4.26. The Balaban J connectivity index is 1.41. The average molecular weight is 376 g/mol. The van der Waals surface area contributed by atoms with Crippen molar-refractivity contribution in [2.24, 2.45) is 7.05 Å².